The predicted octanol–water partition coefficient (Wildman–Crippen LogP) is 0.287. The fourth-order valence-corrected chi connectivity index (χ4v) is 3.57. The van der Waals surface area contributed by atoms with E-state index in [9.17, 15) is 24.0 Å². The largest absolute Gasteiger partial charge is 0.481 e. The molecule has 2 N–H and O–H groups in total. The lowest BCUT2D eigenvalue weighted by Crippen LogP contribution is -2.53. The van der Waals surface area contributed by atoms with Crippen LogP contribution in [0.2, 0.25) is 0 Å². The van der Waals surface area contributed by atoms with Crippen molar-refractivity contribution in [1.29, 1.82) is 0 Å². The summed E-state index contributed by atoms with van der Waals surface area (Å²) in [6.07, 6.45) is 1.05. The number of carboxylic acid groups (broad SMARTS) is 1. The number of piperidine rings is 1. The van der Waals surface area contributed by atoms with Crippen molar-refractivity contribution in [3.8, 4) is 0 Å². The second kappa shape index (κ2) is 7.79. The number of amides is 3. The molecule has 9 nitrogen and oxygen atoms in total. The van der Waals surface area contributed by atoms with Crippen LogP contribution in [0.3, 0.4) is 0 Å². The van der Waals surface area contributed by atoms with Gasteiger partial charge in [0.15, 0.2) is 6.29 Å². The van der Waals surface area contributed by atoms with Crippen LogP contribution >= 0.6 is 0 Å². The van der Waals surface area contributed by atoms with Gasteiger partial charge in [0.1, 0.15) is 6.04 Å². The average Bonchev–Trinajstić information content (AvgIpc) is 2.62. The van der Waals surface area contributed by atoms with E-state index in [1.54, 1.807) is 18.2 Å². The Balaban J connectivity index is 1.77. The molecule has 1 atom stereocenters. The second-order valence-electron chi connectivity index (χ2n) is 7.14. The molecule has 2 heterocycles. The van der Waals surface area contributed by atoms with Gasteiger partial charge in [-0.25, -0.2) is 0 Å². The first-order valence-electron chi connectivity index (χ1n) is 8.97. The summed E-state index contributed by atoms with van der Waals surface area (Å²) >= 11 is 0. The first kappa shape index (κ1) is 19.5. The number of anilines is 1. The number of likely N-dealkylation sites (N-methyl/N-ethyl adjacent to an activating group) is 1. The van der Waals surface area contributed by atoms with Crippen LogP contribution in [0, 0.1) is 5.92 Å². The summed E-state index contributed by atoms with van der Waals surface area (Å²) in [5.74, 6) is -2.18. The summed E-state index contributed by atoms with van der Waals surface area (Å²) in [4.78, 5) is 61.7. The predicted molar refractivity (Wildman–Crippen MR) is 98.1 cm³/mol. The van der Waals surface area contributed by atoms with E-state index in [1.807, 2.05) is 4.90 Å². The minimum absolute atomic E-state index is 0.0496. The second-order valence-corrected chi connectivity index (χ2v) is 7.14. The highest BCUT2D eigenvalue weighted by atomic mass is 16.4. The lowest BCUT2D eigenvalue weighted by molar-refractivity contribution is -0.138. The summed E-state index contributed by atoms with van der Waals surface area (Å²) in [5.41, 5.74) is 1.09. The topological polar surface area (TPSA) is 124 Å². The van der Waals surface area contributed by atoms with E-state index in [1.165, 1.54) is 11.9 Å². The normalized spacial score (nSPS) is 19.6. The number of aldehydes is 1. The van der Waals surface area contributed by atoms with Gasteiger partial charge in [0.05, 0.1) is 12.0 Å². The maximum atomic E-state index is 12.9. The quantitative estimate of drug-likeness (QED) is 0.531. The van der Waals surface area contributed by atoms with E-state index >= 15 is 0 Å². The number of imide groups is 1. The van der Waals surface area contributed by atoms with Crippen LogP contribution in [0.15, 0.2) is 18.2 Å². The van der Waals surface area contributed by atoms with E-state index in [4.69, 9.17) is 5.11 Å². The Morgan fingerprint density at radius 3 is 2.64 bits per heavy atom. The number of hydrogen-bond donors (Lipinski definition) is 2. The molecule has 9 heteroatoms. The Labute approximate surface area is 161 Å². The summed E-state index contributed by atoms with van der Waals surface area (Å²) in [6.45, 7) is 1.12. The Hall–Kier alpha value is -3.23. The SMILES string of the molecule is CN(C(=O)c1cc(N2CC(CC(=O)O)C2)ccc1C=O)C1CCC(=O)NC1=O. The maximum absolute atomic E-state index is 12.9. The van der Waals surface area contributed by atoms with Gasteiger partial charge in [0, 0.05) is 43.7 Å². The zero-order chi connectivity index (χ0) is 20.4. The lowest BCUT2D eigenvalue weighted by Gasteiger charge is -2.40. The number of benzene rings is 1. The number of aliphatic carboxylic acids is 1. The van der Waals surface area contributed by atoms with E-state index < -0.39 is 23.8 Å². The molecule has 2 fully saturated rings. The molecule has 0 aliphatic carbocycles. The van der Waals surface area contributed by atoms with Crippen molar-refractivity contribution in [2.75, 3.05) is 25.0 Å². The first-order valence-corrected chi connectivity index (χ1v) is 8.97. The van der Waals surface area contributed by atoms with E-state index in [2.05, 4.69) is 5.32 Å². The van der Waals surface area contributed by atoms with Crippen LogP contribution < -0.4 is 10.2 Å². The average molecular weight is 387 g/mol. The number of carboxylic acids is 1. The van der Waals surface area contributed by atoms with Gasteiger partial charge in [-0.15, -0.1) is 0 Å². The first-order chi connectivity index (χ1) is 13.3. The number of nitrogens with one attached hydrogen (secondary N) is 1. The number of carbonyl (C=O) groups is 5. The van der Waals surface area contributed by atoms with Gasteiger partial charge in [-0.1, -0.05) is 0 Å². The number of rotatable bonds is 6. The van der Waals surface area contributed by atoms with Crippen LogP contribution in [0.5, 0.6) is 0 Å². The maximum Gasteiger partial charge on any atom is 0.303 e. The minimum Gasteiger partial charge on any atom is -0.481 e. The van der Waals surface area contributed by atoms with Crippen molar-refractivity contribution in [2.24, 2.45) is 5.92 Å². The third-order valence-electron chi connectivity index (χ3n) is 5.18. The van der Waals surface area contributed by atoms with Gasteiger partial charge < -0.3 is 14.9 Å². The molecule has 2 aliphatic heterocycles. The van der Waals surface area contributed by atoms with E-state index in [0.29, 0.717) is 25.1 Å². The molecule has 2 aliphatic rings. The summed E-state index contributed by atoms with van der Waals surface area (Å²) in [6, 6.07) is 4.06. The van der Waals surface area contributed by atoms with Crippen molar-refractivity contribution in [2.45, 2.75) is 25.3 Å². The molecule has 0 saturated carbocycles. The van der Waals surface area contributed by atoms with Crippen LogP contribution in [-0.2, 0) is 14.4 Å². The molecule has 1 aromatic rings. The van der Waals surface area contributed by atoms with Crippen molar-refractivity contribution in [3.63, 3.8) is 0 Å². The molecule has 3 rings (SSSR count). The molecule has 0 spiro atoms. The number of nitrogens with zero attached hydrogens (tertiary/aromatic N) is 2. The Morgan fingerprint density at radius 1 is 1.32 bits per heavy atom. The van der Waals surface area contributed by atoms with Gasteiger partial charge in [-0.2, -0.15) is 0 Å². The smallest absolute Gasteiger partial charge is 0.303 e. The third-order valence-corrected chi connectivity index (χ3v) is 5.18. The van der Waals surface area contributed by atoms with Crippen molar-refractivity contribution in [1.82, 2.24) is 10.2 Å². The highest BCUT2D eigenvalue weighted by Crippen LogP contribution is 2.29. The van der Waals surface area contributed by atoms with Crippen molar-refractivity contribution >= 4 is 35.7 Å². The molecule has 0 bridgehead atoms. The molecule has 1 aromatic carbocycles. The highest BCUT2D eigenvalue weighted by Gasteiger charge is 2.34. The lowest BCUT2D eigenvalue weighted by atomic mass is 9.94. The van der Waals surface area contributed by atoms with Gasteiger partial charge >= 0.3 is 5.97 Å². The highest BCUT2D eigenvalue weighted by molar-refractivity contribution is 6.06. The van der Waals surface area contributed by atoms with E-state index in [-0.39, 0.29) is 42.2 Å². The summed E-state index contributed by atoms with van der Waals surface area (Å²) in [5, 5.41) is 11.1. The molecule has 0 aromatic heterocycles. The van der Waals surface area contributed by atoms with Gasteiger partial charge in [0.25, 0.3) is 5.91 Å². The van der Waals surface area contributed by atoms with Gasteiger partial charge in [-0.05, 0) is 24.6 Å². The monoisotopic (exact) mass is 387 g/mol. The Bertz CT molecular complexity index is 846. The van der Waals surface area contributed by atoms with E-state index in [0.717, 1.165) is 0 Å². The fourth-order valence-electron chi connectivity index (χ4n) is 3.57. The molecule has 1 unspecified atom stereocenters. The Kier molecular flexibility index (Phi) is 5.43. The molecule has 28 heavy (non-hydrogen) atoms. The molecule has 0 radical (unpaired) electrons. The van der Waals surface area contributed by atoms with Crippen molar-refractivity contribution < 1.29 is 29.1 Å². The van der Waals surface area contributed by atoms with Crippen LogP contribution in [-0.4, -0.2) is 66.2 Å². The van der Waals surface area contributed by atoms with Crippen LogP contribution in [0.25, 0.3) is 0 Å². The molecular formula is C19H21N3O6. The number of hydrogen-bond acceptors (Lipinski definition) is 6. The van der Waals surface area contributed by atoms with Gasteiger partial charge in [0.2, 0.25) is 11.8 Å². The number of carbonyl (C=O) groups excluding carboxylic acids is 4. The zero-order valence-electron chi connectivity index (χ0n) is 15.4. The minimum atomic E-state index is -0.845. The summed E-state index contributed by atoms with van der Waals surface area (Å²) in [7, 11) is 1.47. The Morgan fingerprint density at radius 2 is 2.04 bits per heavy atom. The molecule has 2 saturated heterocycles. The zero-order valence-corrected chi connectivity index (χ0v) is 15.4. The standard InChI is InChI=1S/C19H21N3O6/c1-21(15-4-5-16(24)20-18(15)27)19(28)14-7-13(3-2-12(14)10-23)22-8-11(9-22)6-17(25)26/h2-3,7,10-11,15H,4-6,8-9H2,1H3,(H,25,26)(H,20,24,27). The van der Waals surface area contributed by atoms with Crippen molar-refractivity contribution in [3.05, 3.63) is 29.3 Å². The molecule has 148 valence electrons. The fraction of sp³-hybridized carbons (Fsp3) is 0.421. The van der Waals surface area contributed by atoms with Crippen LogP contribution in [0.4, 0.5) is 5.69 Å². The van der Waals surface area contributed by atoms with Gasteiger partial charge in [-0.3, -0.25) is 29.3 Å². The van der Waals surface area contributed by atoms with Crippen LogP contribution in [0.1, 0.15) is 40.0 Å². The summed E-state index contributed by atoms with van der Waals surface area (Å²) < 4.78 is 0. The molecular weight excluding hydrogens is 366 g/mol. The third kappa shape index (κ3) is 3.88. The molecule has 3 amide bonds.